The Morgan fingerprint density at radius 2 is 1.52 bits per heavy atom. The summed E-state index contributed by atoms with van der Waals surface area (Å²) in [7, 11) is 0. The molecule has 0 amide bonds. The molecule has 3 aliphatic rings. The molecule has 4 atom stereocenters. The zero-order chi connectivity index (χ0) is 14.5. The summed E-state index contributed by atoms with van der Waals surface area (Å²) in [5.41, 5.74) is 0. The molecule has 122 valence electrons. The molecule has 0 aliphatic heterocycles. The maximum absolute atomic E-state index is 3.90. The smallest absolute Gasteiger partial charge is 0.00979 e. The Morgan fingerprint density at radius 1 is 0.810 bits per heavy atom. The van der Waals surface area contributed by atoms with Gasteiger partial charge in [-0.25, -0.2) is 0 Å². The van der Waals surface area contributed by atoms with Crippen molar-refractivity contribution in [3.63, 3.8) is 0 Å². The molecule has 1 heteroatoms. The normalized spacial score (nSPS) is 36.1. The second-order valence-electron chi connectivity index (χ2n) is 8.28. The van der Waals surface area contributed by atoms with Crippen molar-refractivity contribution >= 4 is 0 Å². The molecule has 4 unspecified atom stereocenters. The Kier molecular flexibility index (Phi) is 6.03. The maximum Gasteiger partial charge on any atom is 0.00979 e. The average molecular weight is 292 g/mol. The first-order chi connectivity index (χ1) is 10.4. The van der Waals surface area contributed by atoms with Crippen molar-refractivity contribution in [1.82, 2.24) is 5.32 Å². The van der Waals surface area contributed by atoms with Crippen molar-refractivity contribution in [3.05, 3.63) is 0 Å². The third-order valence-corrected chi connectivity index (χ3v) is 6.93. The van der Waals surface area contributed by atoms with Crippen molar-refractivity contribution < 1.29 is 0 Å². The minimum absolute atomic E-state index is 0.834. The lowest BCUT2D eigenvalue weighted by Gasteiger charge is -2.43. The van der Waals surface area contributed by atoms with Crippen molar-refractivity contribution in [2.45, 2.75) is 96.4 Å². The van der Waals surface area contributed by atoms with Crippen molar-refractivity contribution in [3.8, 4) is 0 Å². The van der Waals surface area contributed by atoms with Crippen molar-refractivity contribution in [2.24, 2.45) is 23.7 Å². The van der Waals surface area contributed by atoms with E-state index in [2.05, 4.69) is 12.2 Å². The Hall–Kier alpha value is -0.0400. The molecule has 3 aliphatic carbocycles. The molecule has 3 saturated carbocycles. The molecular formula is C20H37N. The fourth-order valence-corrected chi connectivity index (χ4v) is 5.76. The second-order valence-corrected chi connectivity index (χ2v) is 8.28. The molecule has 0 heterocycles. The van der Waals surface area contributed by atoms with Crippen LogP contribution in [0, 0.1) is 23.7 Å². The molecule has 0 bridgehead atoms. The quantitative estimate of drug-likeness (QED) is 0.701. The van der Waals surface area contributed by atoms with E-state index in [1.54, 1.807) is 25.7 Å². The Labute approximate surface area is 132 Å². The topological polar surface area (TPSA) is 12.0 Å². The van der Waals surface area contributed by atoms with E-state index >= 15 is 0 Å². The van der Waals surface area contributed by atoms with Gasteiger partial charge in [-0.15, -0.1) is 0 Å². The minimum Gasteiger partial charge on any atom is -0.314 e. The van der Waals surface area contributed by atoms with Gasteiger partial charge in [0.15, 0.2) is 0 Å². The van der Waals surface area contributed by atoms with E-state index in [1.165, 1.54) is 64.3 Å². The van der Waals surface area contributed by atoms with Crippen LogP contribution in [0.3, 0.4) is 0 Å². The van der Waals surface area contributed by atoms with Crippen LogP contribution >= 0.6 is 0 Å². The van der Waals surface area contributed by atoms with Crippen LogP contribution in [0.1, 0.15) is 90.4 Å². The number of hydrogen-bond donors (Lipinski definition) is 1. The Bertz CT molecular complexity index is 294. The Morgan fingerprint density at radius 3 is 2.29 bits per heavy atom. The van der Waals surface area contributed by atoms with E-state index in [-0.39, 0.29) is 0 Å². The third kappa shape index (κ3) is 4.24. The van der Waals surface area contributed by atoms with Gasteiger partial charge in [-0.05, 0) is 55.9 Å². The van der Waals surface area contributed by atoms with Gasteiger partial charge in [0.25, 0.3) is 0 Å². The zero-order valence-electron chi connectivity index (χ0n) is 14.3. The van der Waals surface area contributed by atoms with E-state index in [0.29, 0.717) is 0 Å². The fraction of sp³-hybridized carbons (Fsp3) is 1.00. The van der Waals surface area contributed by atoms with Crippen LogP contribution < -0.4 is 5.32 Å². The molecule has 3 fully saturated rings. The SMILES string of the molecule is CCNC(CC1CCCCC1)C1CCC2CCCCC2C1. The summed E-state index contributed by atoms with van der Waals surface area (Å²) in [5.74, 6) is 4.22. The minimum atomic E-state index is 0.834. The van der Waals surface area contributed by atoms with Gasteiger partial charge in [0.05, 0.1) is 0 Å². The van der Waals surface area contributed by atoms with Gasteiger partial charge in [-0.1, -0.05) is 64.7 Å². The summed E-state index contributed by atoms with van der Waals surface area (Å²) in [6, 6.07) is 0.834. The Balaban J connectivity index is 1.55. The molecule has 0 aromatic carbocycles. The van der Waals surface area contributed by atoms with E-state index < -0.39 is 0 Å². The molecule has 0 spiro atoms. The van der Waals surface area contributed by atoms with Crippen LogP contribution in [-0.2, 0) is 0 Å². The first kappa shape index (κ1) is 15.8. The highest BCUT2D eigenvalue weighted by atomic mass is 14.9. The van der Waals surface area contributed by atoms with Crippen LogP contribution in [0.5, 0.6) is 0 Å². The van der Waals surface area contributed by atoms with Crippen LogP contribution in [0.15, 0.2) is 0 Å². The lowest BCUT2D eigenvalue weighted by molar-refractivity contribution is 0.100. The van der Waals surface area contributed by atoms with Gasteiger partial charge >= 0.3 is 0 Å². The summed E-state index contributed by atoms with van der Waals surface area (Å²) in [5, 5.41) is 3.90. The summed E-state index contributed by atoms with van der Waals surface area (Å²) in [6.07, 6.45) is 19.7. The van der Waals surface area contributed by atoms with Gasteiger partial charge < -0.3 is 5.32 Å². The molecule has 0 aromatic heterocycles. The standard InChI is InChI=1S/C20H37N/c1-2-21-20(14-16-8-4-3-5-9-16)19-13-12-17-10-6-7-11-18(17)15-19/h16-21H,2-15H2,1H3. The summed E-state index contributed by atoms with van der Waals surface area (Å²) in [6.45, 7) is 3.47. The molecular weight excluding hydrogens is 254 g/mol. The van der Waals surface area contributed by atoms with E-state index in [4.69, 9.17) is 0 Å². The third-order valence-electron chi connectivity index (χ3n) is 6.93. The maximum atomic E-state index is 3.90. The average Bonchev–Trinajstić information content (AvgIpc) is 2.55. The van der Waals surface area contributed by atoms with E-state index in [9.17, 15) is 0 Å². The molecule has 0 saturated heterocycles. The van der Waals surface area contributed by atoms with Gasteiger partial charge in [0.2, 0.25) is 0 Å². The predicted molar refractivity (Wildman–Crippen MR) is 91.4 cm³/mol. The largest absolute Gasteiger partial charge is 0.314 e. The molecule has 21 heavy (non-hydrogen) atoms. The second kappa shape index (κ2) is 7.99. The van der Waals surface area contributed by atoms with Gasteiger partial charge in [-0.2, -0.15) is 0 Å². The number of fused-ring (bicyclic) bond motifs is 1. The van der Waals surface area contributed by atoms with Gasteiger partial charge in [0, 0.05) is 6.04 Å². The summed E-state index contributed by atoms with van der Waals surface area (Å²) >= 11 is 0. The molecule has 0 radical (unpaired) electrons. The molecule has 1 N–H and O–H groups in total. The van der Waals surface area contributed by atoms with Gasteiger partial charge in [0.1, 0.15) is 0 Å². The van der Waals surface area contributed by atoms with Crippen LogP contribution in [0.2, 0.25) is 0 Å². The first-order valence-electron chi connectivity index (χ1n) is 10.1. The fourth-order valence-electron chi connectivity index (χ4n) is 5.76. The summed E-state index contributed by atoms with van der Waals surface area (Å²) < 4.78 is 0. The predicted octanol–water partition coefficient (Wildman–Crippen LogP) is 5.54. The lowest BCUT2D eigenvalue weighted by Crippen LogP contribution is -2.42. The van der Waals surface area contributed by atoms with Gasteiger partial charge in [-0.3, -0.25) is 0 Å². The molecule has 1 nitrogen and oxygen atoms in total. The highest BCUT2D eigenvalue weighted by Gasteiger charge is 2.35. The number of rotatable bonds is 5. The highest BCUT2D eigenvalue weighted by molar-refractivity contribution is 4.89. The van der Waals surface area contributed by atoms with Crippen molar-refractivity contribution in [2.75, 3.05) is 6.54 Å². The van der Waals surface area contributed by atoms with Crippen LogP contribution in [0.25, 0.3) is 0 Å². The molecule has 0 aromatic rings. The van der Waals surface area contributed by atoms with Crippen molar-refractivity contribution in [1.29, 1.82) is 0 Å². The first-order valence-corrected chi connectivity index (χ1v) is 10.1. The number of nitrogens with one attached hydrogen (secondary N) is 1. The van der Waals surface area contributed by atoms with Crippen LogP contribution in [0.4, 0.5) is 0 Å². The zero-order valence-corrected chi connectivity index (χ0v) is 14.3. The van der Waals surface area contributed by atoms with Crippen LogP contribution in [-0.4, -0.2) is 12.6 Å². The van der Waals surface area contributed by atoms with E-state index in [0.717, 1.165) is 29.7 Å². The highest BCUT2D eigenvalue weighted by Crippen LogP contribution is 2.44. The summed E-state index contributed by atoms with van der Waals surface area (Å²) in [4.78, 5) is 0. The molecule has 3 rings (SSSR count). The van der Waals surface area contributed by atoms with E-state index in [1.807, 2.05) is 0 Å². The lowest BCUT2D eigenvalue weighted by atomic mass is 9.65. The number of hydrogen-bond acceptors (Lipinski definition) is 1. The monoisotopic (exact) mass is 291 g/mol.